The Bertz CT molecular complexity index is 716. The summed E-state index contributed by atoms with van der Waals surface area (Å²) in [6.45, 7) is 9.88. The van der Waals surface area contributed by atoms with Gasteiger partial charge in [0.1, 0.15) is 12.0 Å². The van der Waals surface area contributed by atoms with Gasteiger partial charge in [0, 0.05) is 25.2 Å². The molecule has 2 heterocycles. The van der Waals surface area contributed by atoms with Gasteiger partial charge in [-0.15, -0.1) is 0 Å². The van der Waals surface area contributed by atoms with Gasteiger partial charge in [-0.3, -0.25) is 0 Å². The van der Waals surface area contributed by atoms with E-state index in [0.717, 1.165) is 36.9 Å². The maximum atomic E-state index is 5.62. The van der Waals surface area contributed by atoms with Crippen LogP contribution in [0.3, 0.4) is 0 Å². The smallest absolute Gasteiger partial charge is 0.226 e. The molecule has 0 amide bonds. The van der Waals surface area contributed by atoms with Crippen LogP contribution in [0.4, 0.5) is 0 Å². The van der Waals surface area contributed by atoms with Crippen LogP contribution in [-0.2, 0) is 6.54 Å². The number of hydrogen-bond donors (Lipinski definition) is 2. The number of likely N-dealkylation sites (tertiary alicyclic amines) is 1. The number of piperidine rings is 1. The van der Waals surface area contributed by atoms with Crippen molar-refractivity contribution in [2.75, 3.05) is 32.7 Å². The fraction of sp³-hybridized carbons (Fsp3) is 0.524. The molecule has 0 bridgehead atoms. The van der Waals surface area contributed by atoms with Gasteiger partial charge in [-0.1, -0.05) is 24.1 Å². The van der Waals surface area contributed by atoms with E-state index in [1.807, 2.05) is 12.1 Å². The molecule has 6 heteroatoms. The number of rotatable bonds is 7. The molecule has 3 rings (SSSR count). The zero-order chi connectivity index (χ0) is 18.9. The molecule has 0 radical (unpaired) electrons. The number of hydrogen-bond acceptors (Lipinski definition) is 4. The molecule has 2 aromatic rings. The topological polar surface area (TPSA) is 65.7 Å². The van der Waals surface area contributed by atoms with Gasteiger partial charge in [-0.05, 0) is 51.9 Å². The van der Waals surface area contributed by atoms with E-state index >= 15 is 0 Å². The zero-order valence-corrected chi connectivity index (χ0v) is 16.5. The van der Waals surface area contributed by atoms with Crippen LogP contribution in [0.25, 0.3) is 11.5 Å². The highest BCUT2D eigenvalue weighted by atomic mass is 16.3. The van der Waals surface area contributed by atoms with Gasteiger partial charge < -0.3 is 20.0 Å². The minimum Gasteiger partial charge on any atom is -0.444 e. The number of aromatic nitrogens is 1. The van der Waals surface area contributed by atoms with Crippen molar-refractivity contribution in [2.24, 2.45) is 4.99 Å². The fourth-order valence-corrected chi connectivity index (χ4v) is 3.23. The van der Waals surface area contributed by atoms with Gasteiger partial charge in [-0.2, -0.15) is 0 Å². The van der Waals surface area contributed by atoms with E-state index < -0.39 is 0 Å². The number of benzene rings is 1. The van der Waals surface area contributed by atoms with Gasteiger partial charge in [0.15, 0.2) is 5.96 Å². The van der Waals surface area contributed by atoms with E-state index in [0.29, 0.717) is 12.4 Å². The largest absolute Gasteiger partial charge is 0.444 e. The molecule has 1 aliphatic rings. The Labute approximate surface area is 162 Å². The minimum atomic E-state index is 0.494. The monoisotopic (exact) mass is 369 g/mol. The quantitative estimate of drug-likeness (QED) is 0.580. The summed E-state index contributed by atoms with van der Waals surface area (Å²) in [5, 5.41) is 6.72. The highest BCUT2D eigenvalue weighted by Gasteiger charge is 2.10. The molecule has 0 unspecified atom stereocenters. The van der Waals surface area contributed by atoms with Gasteiger partial charge in [0.05, 0.1) is 6.54 Å². The summed E-state index contributed by atoms with van der Waals surface area (Å²) in [7, 11) is 0. The summed E-state index contributed by atoms with van der Waals surface area (Å²) < 4.78 is 5.62. The van der Waals surface area contributed by atoms with Crippen LogP contribution < -0.4 is 10.6 Å². The molecular formula is C21H31N5O. The van der Waals surface area contributed by atoms with Crippen LogP contribution in [0, 0.1) is 6.92 Å². The Balaban J connectivity index is 1.52. The lowest BCUT2D eigenvalue weighted by Gasteiger charge is -2.26. The molecule has 0 aliphatic carbocycles. The number of oxazole rings is 1. The highest BCUT2D eigenvalue weighted by Crippen LogP contribution is 2.19. The van der Waals surface area contributed by atoms with E-state index in [9.17, 15) is 0 Å². The van der Waals surface area contributed by atoms with Crippen molar-refractivity contribution in [1.29, 1.82) is 0 Å². The Hall–Kier alpha value is -2.34. The molecule has 6 nitrogen and oxygen atoms in total. The third-order valence-electron chi connectivity index (χ3n) is 4.76. The van der Waals surface area contributed by atoms with E-state index in [1.165, 1.54) is 37.9 Å². The van der Waals surface area contributed by atoms with Crippen molar-refractivity contribution in [3.05, 3.63) is 41.8 Å². The summed E-state index contributed by atoms with van der Waals surface area (Å²) in [5.74, 6) is 1.47. The summed E-state index contributed by atoms with van der Waals surface area (Å²) in [6, 6.07) is 8.18. The number of nitrogens with zero attached hydrogens (tertiary/aromatic N) is 3. The number of guanidine groups is 1. The van der Waals surface area contributed by atoms with E-state index in [4.69, 9.17) is 4.42 Å². The second-order valence-corrected chi connectivity index (χ2v) is 7.03. The zero-order valence-electron chi connectivity index (χ0n) is 16.5. The molecule has 1 aliphatic heterocycles. The van der Waals surface area contributed by atoms with E-state index in [-0.39, 0.29) is 0 Å². The third-order valence-corrected chi connectivity index (χ3v) is 4.76. The Morgan fingerprint density at radius 2 is 1.93 bits per heavy atom. The van der Waals surface area contributed by atoms with Crippen molar-refractivity contribution in [3.63, 3.8) is 0 Å². The Kier molecular flexibility index (Phi) is 7.27. The second kappa shape index (κ2) is 10.1. The average molecular weight is 370 g/mol. The molecular weight excluding hydrogens is 338 g/mol. The standard InChI is InChI=1S/C21H31N5O/c1-3-22-21(23-11-14-26-12-5-4-6-13-26)24-15-19-16-27-20(25-19)18-9-7-17(2)8-10-18/h7-10,16H,3-6,11-15H2,1-2H3,(H2,22,23,24). The van der Waals surface area contributed by atoms with Gasteiger partial charge in [0.25, 0.3) is 0 Å². The summed E-state index contributed by atoms with van der Waals surface area (Å²) in [4.78, 5) is 11.7. The molecule has 1 saturated heterocycles. The van der Waals surface area contributed by atoms with Crippen molar-refractivity contribution < 1.29 is 4.42 Å². The van der Waals surface area contributed by atoms with Crippen LogP contribution >= 0.6 is 0 Å². The van der Waals surface area contributed by atoms with Crippen LogP contribution in [0.5, 0.6) is 0 Å². The number of aryl methyl sites for hydroxylation is 1. The Morgan fingerprint density at radius 3 is 2.67 bits per heavy atom. The van der Waals surface area contributed by atoms with Crippen LogP contribution in [0.15, 0.2) is 39.9 Å². The molecule has 1 aromatic heterocycles. The fourth-order valence-electron chi connectivity index (χ4n) is 3.23. The Morgan fingerprint density at radius 1 is 1.15 bits per heavy atom. The maximum absolute atomic E-state index is 5.62. The summed E-state index contributed by atoms with van der Waals surface area (Å²) in [5.41, 5.74) is 3.04. The van der Waals surface area contributed by atoms with E-state index in [2.05, 4.69) is 51.5 Å². The van der Waals surface area contributed by atoms with E-state index in [1.54, 1.807) is 6.26 Å². The summed E-state index contributed by atoms with van der Waals surface area (Å²) >= 11 is 0. The predicted molar refractivity (Wildman–Crippen MR) is 110 cm³/mol. The third kappa shape index (κ3) is 6.10. The SMILES string of the molecule is CCNC(=NCc1coc(-c2ccc(C)cc2)n1)NCCN1CCCCC1. The van der Waals surface area contributed by atoms with Gasteiger partial charge in [0.2, 0.25) is 5.89 Å². The first kappa shape index (κ1) is 19.4. The van der Waals surface area contributed by atoms with Gasteiger partial charge in [-0.25, -0.2) is 9.98 Å². The highest BCUT2D eigenvalue weighted by molar-refractivity contribution is 5.79. The number of aliphatic imine (C=N–C) groups is 1. The molecule has 0 atom stereocenters. The lowest BCUT2D eigenvalue weighted by molar-refractivity contribution is 0.232. The van der Waals surface area contributed by atoms with Crippen LogP contribution in [0.1, 0.15) is 37.4 Å². The van der Waals surface area contributed by atoms with Gasteiger partial charge >= 0.3 is 0 Å². The second-order valence-electron chi connectivity index (χ2n) is 7.03. The number of nitrogens with one attached hydrogen (secondary N) is 2. The van der Waals surface area contributed by atoms with Crippen LogP contribution in [0.2, 0.25) is 0 Å². The first-order valence-corrected chi connectivity index (χ1v) is 10.0. The molecule has 1 fully saturated rings. The molecule has 0 saturated carbocycles. The average Bonchev–Trinajstić information content (AvgIpc) is 3.16. The maximum Gasteiger partial charge on any atom is 0.226 e. The van der Waals surface area contributed by atoms with Crippen molar-refractivity contribution in [1.82, 2.24) is 20.5 Å². The lowest BCUT2D eigenvalue weighted by Crippen LogP contribution is -2.42. The van der Waals surface area contributed by atoms with Crippen molar-refractivity contribution >= 4 is 5.96 Å². The predicted octanol–water partition coefficient (Wildman–Crippen LogP) is 3.19. The first-order valence-electron chi connectivity index (χ1n) is 10.0. The molecule has 1 aromatic carbocycles. The molecule has 146 valence electrons. The molecule has 2 N–H and O–H groups in total. The first-order chi connectivity index (χ1) is 13.2. The summed E-state index contributed by atoms with van der Waals surface area (Å²) in [6.07, 6.45) is 5.71. The normalized spacial score (nSPS) is 15.7. The van der Waals surface area contributed by atoms with Crippen molar-refractivity contribution in [2.45, 2.75) is 39.7 Å². The lowest BCUT2D eigenvalue weighted by atomic mass is 10.1. The van der Waals surface area contributed by atoms with Crippen molar-refractivity contribution in [3.8, 4) is 11.5 Å². The minimum absolute atomic E-state index is 0.494. The molecule has 27 heavy (non-hydrogen) atoms. The van der Waals surface area contributed by atoms with Crippen LogP contribution in [-0.4, -0.2) is 48.6 Å². The molecule has 0 spiro atoms.